The summed E-state index contributed by atoms with van der Waals surface area (Å²) >= 11 is 0. The number of benzene rings is 12. The summed E-state index contributed by atoms with van der Waals surface area (Å²) in [5, 5.41) is 7.59. The van der Waals surface area contributed by atoms with Gasteiger partial charge in [-0.3, -0.25) is 0 Å². The molecular formula is C80H56O10. The molecule has 12 aromatic rings. The monoisotopic (exact) mass is 1180 g/mol. The van der Waals surface area contributed by atoms with Crippen molar-refractivity contribution in [2.75, 3.05) is 0 Å². The summed E-state index contributed by atoms with van der Waals surface area (Å²) in [6, 6.07) is 76.2. The topological polar surface area (TPSA) is 124 Å². The number of hydrogen-bond acceptors (Lipinski definition) is 10. The lowest BCUT2D eigenvalue weighted by molar-refractivity contribution is -0.130. The van der Waals surface area contributed by atoms with Crippen LogP contribution in [0.3, 0.4) is 0 Å². The Bertz CT molecular complexity index is 4720. The first-order valence-corrected chi connectivity index (χ1v) is 29.2. The summed E-state index contributed by atoms with van der Waals surface area (Å²) in [4.78, 5) is 48.3. The van der Waals surface area contributed by atoms with Crippen molar-refractivity contribution < 1.29 is 47.6 Å². The average Bonchev–Trinajstić information content (AvgIpc) is 0.736. The molecule has 0 radical (unpaired) electrons. The van der Waals surface area contributed by atoms with Crippen molar-refractivity contribution in [2.24, 2.45) is 0 Å². The Kier molecular flexibility index (Phi) is 15.3. The van der Waals surface area contributed by atoms with Gasteiger partial charge >= 0.3 is 23.9 Å². The Labute approximate surface area is 519 Å². The van der Waals surface area contributed by atoms with Crippen molar-refractivity contribution in [3.63, 3.8) is 0 Å². The summed E-state index contributed by atoms with van der Waals surface area (Å²) in [5.41, 5.74) is 11.5. The van der Waals surface area contributed by atoms with Crippen LogP contribution in [0.5, 0.6) is 46.0 Å². The van der Waals surface area contributed by atoms with Crippen LogP contribution in [0.25, 0.3) is 65.3 Å². The molecule has 0 amide bonds. The highest BCUT2D eigenvalue weighted by Gasteiger charge is 2.35. The first-order valence-electron chi connectivity index (χ1n) is 29.2. The molecule has 0 spiro atoms. The fourth-order valence-corrected chi connectivity index (χ4v) is 11.9. The Morgan fingerprint density at radius 1 is 0.344 bits per heavy atom. The van der Waals surface area contributed by atoms with E-state index in [1.807, 2.05) is 133 Å². The van der Waals surface area contributed by atoms with Crippen LogP contribution in [0.1, 0.15) is 59.1 Å². The fraction of sp³-hybridized carbons (Fsp3) is 0.0500. The van der Waals surface area contributed by atoms with Gasteiger partial charge in [-0.05, 0) is 163 Å². The van der Waals surface area contributed by atoms with Crippen LogP contribution in [-0.4, -0.2) is 23.9 Å². The Morgan fingerprint density at radius 3 is 0.900 bits per heavy atom. The van der Waals surface area contributed by atoms with Gasteiger partial charge in [0.2, 0.25) is 0 Å². The second-order valence-corrected chi connectivity index (χ2v) is 22.1. The van der Waals surface area contributed by atoms with E-state index in [4.69, 9.17) is 28.4 Å². The van der Waals surface area contributed by atoms with Crippen LogP contribution in [0, 0.1) is 0 Å². The molecule has 0 atom stereocenters. The lowest BCUT2D eigenvalue weighted by atomic mass is 9.78. The zero-order chi connectivity index (χ0) is 62.2. The SMILES string of the molecule is C=C(C)C(=O)Oc1ccc2c3c(ccc2c1)Oc1ccc2cc(OC(=O)C(=C)C)ccc2c1C3c1ccc(-c2ccccc2)cc1.C=CC(=O)Oc1ccc2c3c(ccc2c1)Oc1ccc2cc(OC(=O)C=C)ccc2c1C3c1ccc(-c2ccccc2)cc1. The molecule has 0 aliphatic carbocycles. The van der Waals surface area contributed by atoms with Gasteiger partial charge in [-0.1, -0.05) is 184 Å². The molecule has 2 aliphatic heterocycles. The predicted octanol–water partition coefficient (Wildman–Crippen LogP) is 19.0. The molecule has 0 unspecified atom stereocenters. The van der Waals surface area contributed by atoms with E-state index in [1.165, 1.54) is 0 Å². The largest absolute Gasteiger partial charge is 0.457 e. The zero-order valence-corrected chi connectivity index (χ0v) is 49.2. The molecule has 2 aliphatic rings. The first kappa shape index (κ1) is 57.2. The van der Waals surface area contributed by atoms with Crippen LogP contribution in [-0.2, 0) is 19.2 Å². The molecular weight excluding hydrogens is 1120 g/mol. The van der Waals surface area contributed by atoms with Gasteiger partial charge < -0.3 is 28.4 Å². The summed E-state index contributed by atoms with van der Waals surface area (Å²) in [7, 11) is 0. The number of carbonyl (C=O) groups excluding carboxylic acids is 4. The second-order valence-electron chi connectivity index (χ2n) is 22.1. The summed E-state index contributed by atoms with van der Waals surface area (Å²) < 4.78 is 35.1. The van der Waals surface area contributed by atoms with E-state index < -0.39 is 23.9 Å². The highest BCUT2D eigenvalue weighted by Crippen LogP contribution is 2.55. The van der Waals surface area contributed by atoms with Crippen LogP contribution >= 0.6 is 0 Å². The van der Waals surface area contributed by atoms with E-state index in [0.717, 1.165) is 134 Å². The third kappa shape index (κ3) is 11.2. The molecule has 0 bridgehead atoms. The van der Waals surface area contributed by atoms with Gasteiger partial charge in [-0.2, -0.15) is 0 Å². The predicted molar refractivity (Wildman–Crippen MR) is 354 cm³/mol. The van der Waals surface area contributed by atoms with Crippen molar-refractivity contribution >= 4 is 67.0 Å². The van der Waals surface area contributed by atoms with Gasteiger partial charge in [-0.15, -0.1) is 0 Å². The van der Waals surface area contributed by atoms with Gasteiger partial charge in [-0.25, -0.2) is 19.2 Å². The maximum Gasteiger partial charge on any atom is 0.338 e. The lowest BCUT2D eigenvalue weighted by Crippen LogP contribution is -2.13. The van der Waals surface area contributed by atoms with Crippen molar-refractivity contribution in [2.45, 2.75) is 25.7 Å². The third-order valence-corrected chi connectivity index (χ3v) is 16.2. The second kappa shape index (κ2) is 24.1. The normalized spacial score (nSPS) is 12.1. The Morgan fingerprint density at radius 2 is 0.622 bits per heavy atom. The molecule has 14 rings (SSSR count). The van der Waals surface area contributed by atoms with E-state index >= 15 is 0 Å². The molecule has 436 valence electrons. The minimum absolute atomic E-state index is 0.186. The molecule has 0 saturated carbocycles. The first-order chi connectivity index (χ1) is 43.8. The number of hydrogen-bond donors (Lipinski definition) is 0. The Balaban J connectivity index is 0.000000165. The molecule has 10 nitrogen and oxygen atoms in total. The van der Waals surface area contributed by atoms with E-state index in [0.29, 0.717) is 34.1 Å². The van der Waals surface area contributed by atoms with E-state index in [-0.39, 0.29) is 11.8 Å². The van der Waals surface area contributed by atoms with Crippen LogP contribution in [0.2, 0.25) is 0 Å². The van der Waals surface area contributed by atoms with E-state index in [9.17, 15) is 19.2 Å². The minimum Gasteiger partial charge on any atom is -0.457 e. The third-order valence-electron chi connectivity index (χ3n) is 16.2. The maximum atomic E-state index is 12.3. The van der Waals surface area contributed by atoms with Crippen molar-refractivity contribution in [1.29, 1.82) is 0 Å². The van der Waals surface area contributed by atoms with Crippen LogP contribution in [0.4, 0.5) is 0 Å². The van der Waals surface area contributed by atoms with Crippen molar-refractivity contribution in [1.82, 2.24) is 0 Å². The summed E-state index contributed by atoms with van der Waals surface area (Å²) in [6.07, 6.45) is 2.29. The minimum atomic E-state index is -0.513. The highest BCUT2D eigenvalue weighted by atomic mass is 16.5. The van der Waals surface area contributed by atoms with Gasteiger partial charge in [0.15, 0.2) is 0 Å². The molecule has 12 aromatic carbocycles. The highest BCUT2D eigenvalue weighted by molar-refractivity contribution is 5.99. The Hall–Kier alpha value is -11.9. The van der Waals surface area contributed by atoms with Gasteiger partial charge in [0.1, 0.15) is 46.0 Å². The van der Waals surface area contributed by atoms with Gasteiger partial charge in [0.05, 0.1) is 0 Å². The molecule has 0 fully saturated rings. The fourth-order valence-electron chi connectivity index (χ4n) is 11.9. The number of ether oxygens (including phenoxy) is 6. The lowest BCUT2D eigenvalue weighted by Gasteiger charge is -2.31. The maximum absolute atomic E-state index is 12.3. The summed E-state index contributed by atoms with van der Waals surface area (Å²) in [5.74, 6) is 2.47. The average molecular weight is 1180 g/mol. The quantitative estimate of drug-likeness (QED) is 0.0663. The van der Waals surface area contributed by atoms with Crippen molar-refractivity contribution in [3.05, 3.63) is 314 Å². The molecule has 0 aromatic heterocycles. The van der Waals surface area contributed by atoms with Gasteiger partial charge in [0.25, 0.3) is 0 Å². The number of fused-ring (bicyclic) bond motifs is 12. The molecule has 90 heavy (non-hydrogen) atoms. The van der Waals surface area contributed by atoms with Gasteiger partial charge in [0, 0.05) is 57.4 Å². The van der Waals surface area contributed by atoms with Crippen molar-refractivity contribution in [3.8, 4) is 68.2 Å². The molecule has 10 heteroatoms. The molecule has 0 saturated heterocycles. The van der Waals surface area contributed by atoms with E-state index in [1.54, 1.807) is 38.1 Å². The zero-order valence-electron chi connectivity index (χ0n) is 49.2. The number of rotatable bonds is 12. The number of carbonyl (C=O) groups is 4. The smallest absolute Gasteiger partial charge is 0.338 e. The van der Waals surface area contributed by atoms with Crippen LogP contribution in [0.15, 0.2) is 280 Å². The number of esters is 4. The molecule has 2 heterocycles. The molecule has 0 N–H and O–H groups in total. The van der Waals surface area contributed by atoms with Crippen LogP contribution < -0.4 is 28.4 Å². The standard InChI is InChI=1S/C41H30O5.C39H26O5/c1-24(2)40(42)44-31-16-18-33-29(22-31)14-20-35-38(33)37(28-12-10-27(11-13-28)26-8-6-5-7-9-26)39-34-19-17-32(45-41(43)25(3)4)23-30(34)15-21-36(39)46-35;1-3-35(40)42-29-16-18-31-27(22-29)14-20-33-38(31)37(26-12-10-25(11-13-26)24-8-6-5-7-9-24)39-32-19-17-30(43-36(41)4-2)23-28(32)15-21-34(39)44-33/h5-23,37H,1,3H2,2,4H3;3-23,37H,1-2H2. The van der Waals surface area contributed by atoms with E-state index in [2.05, 4.69) is 99.1 Å². The summed E-state index contributed by atoms with van der Waals surface area (Å²) in [6.45, 7) is 17.6.